The minimum absolute atomic E-state index is 0.0764. The number of ether oxygens (including phenoxy) is 1. The van der Waals surface area contributed by atoms with Crippen LogP contribution in [0.25, 0.3) is 10.9 Å². The Kier molecular flexibility index (Phi) is 6.14. The second-order valence-corrected chi connectivity index (χ2v) is 11.3. The molecule has 0 saturated carbocycles. The van der Waals surface area contributed by atoms with Crippen LogP contribution in [0, 0.1) is 16.7 Å². The van der Waals surface area contributed by atoms with Gasteiger partial charge in [0.1, 0.15) is 23.5 Å². The maximum absolute atomic E-state index is 14.0. The number of fused-ring (bicyclic) bond motifs is 3. The van der Waals surface area contributed by atoms with Crippen molar-refractivity contribution >= 4 is 34.3 Å². The smallest absolute Gasteiger partial charge is 0.268 e. The quantitative estimate of drug-likeness (QED) is 0.479. The standard InChI is InChI=1S/C29H31N5O4/c1-28(2,3)14-23(32-25(35)22-12-18-20(31-22)10-7-11-24(18)38-4)26(36)34-16-29(13-17(34)15-30)19-8-5-6-9-21(19)33-27(29)37/h5-12,17,23,31H,13-14,16H2,1-4H3,(H,32,35)(H,33,37)/t17-,23-,29-/m0/s1. The van der Waals surface area contributed by atoms with Gasteiger partial charge < -0.3 is 25.3 Å². The van der Waals surface area contributed by atoms with E-state index in [4.69, 9.17) is 4.74 Å². The van der Waals surface area contributed by atoms with Crippen molar-refractivity contribution in [1.29, 1.82) is 5.26 Å². The highest BCUT2D eigenvalue weighted by Crippen LogP contribution is 2.46. The van der Waals surface area contributed by atoms with E-state index >= 15 is 0 Å². The van der Waals surface area contributed by atoms with Gasteiger partial charge >= 0.3 is 0 Å². The van der Waals surface area contributed by atoms with Gasteiger partial charge in [0.05, 0.1) is 18.6 Å². The van der Waals surface area contributed by atoms with Gasteiger partial charge in [-0.2, -0.15) is 5.26 Å². The summed E-state index contributed by atoms with van der Waals surface area (Å²) in [6.07, 6.45) is 0.557. The summed E-state index contributed by atoms with van der Waals surface area (Å²) in [6.45, 7) is 6.04. The molecule has 0 radical (unpaired) electrons. The molecule has 2 aromatic carbocycles. The zero-order chi connectivity index (χ0) is 27.2. The summed E-state index contributed by atoms with van der Waals surface area (Å²) in [5, 5.41) is 16.6. The number of nitrogens with one attached hydrogen (secondary N) is 3. The van der Waals surface area contributed by atoms with Crippen LogP contribution in [0.5, 0.6) is 5.75 Å². The first-order chi connectivity index (χ1) is 18.1. The van der Waals surface area contributed by atoms with Crippen molar-refractivity contribution in [1.82, 2.24) is 15.2 Å². The van der Waals surface area contributed by atoms with Crippen molar-refractivity contribution in [3.63, 3.8) is 0 Å². The molecule has 3 amide bonds. The third kappa shape index (κ3) is 4.26. The molecule has 196 valence electrons. The fraction of sp³-hybridized carbons (Fsp3) is 0.379. The molecule has 5 rings (SSSR count). The number of rotatable bonds is 5. The number of likely N-dealkylation sites (tertiary alicyclic amines) is 1. The van der Waals surface area contributed by atoms with E-state index in [1.807, 2.05) is 63.2 Å². The number of aromatic amines is 1. The zero-order valence-electron chi connectivity index (χ0n) is 21.9. The van der Waals surface area contributed by atoms with E-state index in [1.54, 1.807) is 13.2 Å². The number of amides is 3. The minimum Gasteiger partial charge on any atom is -0.496 e. The van der Waals surface area contributed by atoms with Crippen LogP contribution in [0.3, 0.4) is 0 Å². The van der Waals surface area contributed by atoms with E-state index in [0.717, 1.165) is 16.5 Å². The highest BCUT2D eigenvalue weighted by molar-refractivity contribution is 6.07. The molecule has 0 aliphatic carbocycles. The molecule has 1 spiro atoms. The van der Waals surface area contributed by atoms with Crippen molar-refractivity contribution in [3.8, 4) is 11.8 Å². The number of carbonyl (C=O) groups is 3. The largest absolute Gasteiger partial charge is 0.496 e. The zero-order valence-corrected chi connectivity index (χ0v) is 21.9. The SMILES string of the molecule is COc1cccc2[nH]c(C(=O)N[C@@H](CC(C)(C)C)C(=O)N3C[C@]4(C[C@H]3C#N)C(=O)Nc3ccccc34)cc12. The minimum atomic E-state index is -0.989. The summed E-state index contributed by atoms with van der Waals surface area (Å²) in [5.74, 6) is -0.382. The first-order valence-electron chi connectivity index (χ1n) is 12.6. The number of nitriles is 1. The van der Waals surface area contributed by atoms with Crippen molar-refractivity contribution < 1.29 is 19.1 Å². The summed E-state index contributed by atoms with van der Waals surface area (Å²) in [4.78, 5) is 45.1. The average molecular weight is 514 g/mol. The van der Waals surface area contributed by atoms with E-state index in [-0.39, 0.29) is 30.2 Å². The first-order valence-corrected chi connectivity index (χ1v) is 12.6. The number of nitrogens with zero attached hydrogens (tertiary/aromatic N) is 2. The van der Waals surface area contributed by atoms with E-state index in [9.17, 15) is 19.6 Å². The second kappa shape index (κ2) is 9.21. The Morgan fingerprint density at radius 2 is 2.00 bits per heavy atom. The maximum Gasteiger partial charge on any atom is 0.268 e. The predicted molar refractivity (Wildman–Crippen MR) is 143 cm³/mol. The van der Waals surface area contributed by atoms with Crippen LogP contribution in [0.1, 0.15) is 49.7 Å². The molecule has 0 bridgehead atoms. The topological polar surface area (TPSA) is 127 Å². The molecule has 9 heteroatoms. The molecular weight excluding hydrogens is 482 g/mol. The van der Waals surface area contributed by atoms with E-state index in [1.165, 1.54) is 4.90 Å². The lowest BCUT2D eigenvalue weighted by Crippen LogP contribution is -2.52. The van der Waals surface area contributed by atoms with Crippen LogP contribution in [0.15, 0.2) is 48.5 Å². The van der Waals surface area contributed by atoms with Gasteiger partial charge in [0.2, 0.25) is 11.8 Å². The molecule has 2 aliphatic rings. The average Bonchev–Trinajstić information content (AvgIpc) is 3.57. The first kappa shape index (κ1) is 25.3. The number of H-pyrrole nitrogens is 1. The molecule has 3 aromatic rings. The van der Waals surface area contributed by atoms with Crippen molar-refractivity contribution in [2.75, 3.05) is 19.0 Å². The number of aromatic nitrogens is 1. The fourth-order valence-corrected chi connectivity index (χ4v) is 5.66. The summed E-state index contributed by atoms with van der Waals surface area (Å²) >= 11 is 0. The number of hydrogen-bond donors (Lipinski definition) is 3. The molecule has 1 saturated heterocycles. The Labute approximate surface area is 221 Å². The molecule has 3 atom stereocenters. The molecule has 9 nitrogen and oxygen atoms in total. The number of hydrogen-bond acceptors (Lipinski definition) is 5. The van der Waals surface area contributed by atoms with E-state index in [0.29, 0.717) is 23.6 Å². The number of para-hydroxylation sites is 1. The molecule has 38 heavy (non-hydrogen) atoms. The molecule has 2 aliphatic heterocycles. The third-order valence-electron chi connectivity index (χ3n) is 7.42. The number of anilines is 1. The van der Waals surface area contributed by atoms with Crippen molar-refractivity contribution in [3.05, 3.63) is 59.8 Å². The fourth-order valence-electron chi connectivity index (χ4n) is 5.66. The van der Waals surface area contributed by atoms with Gasteiger partial charge in [-0.25, -0.2) is 0 Å². The normalized spacial score (nSPS) is 21.2. The van der Waals surface area contributed by atoms with Gasteiger partial charge in [-0.05, 0) is 41.7 Å². The van der Waals surface area contributed by atoms with Gasteiger partial charge in [-0.1, -0.05) is 45.0 Å². The monoisotopic (exact) mass is 513 g/mol. The van der Waals surface area contributed by atoms with Crippen LogP contribution >= 0.6 is 0 Å². The van der Waals surface area contributed by atoms with Crippen LogP contribution in [0.2, 0.25) is 0 Å². The van der Waals surface area contributed by atoms with Crippen LogP contribution in [0.4, 0.5) is 5.69 Å². The van der Waals surface area contributed by atoms with Gasteiger partial charge in [0.15, 0.2) is 0 Å². The summed E-state index contributed by atoms with van der Waals surface area (Å²) in [7, 11) is 1.57. The summed E-state index contributed by atoms with van der Waals surface area (Å²) in [5.41, 5.74) is 1.26. The Hall–Kier alpha value is -4.32. The van der Waals surface area contributed by atoms with Gasteiger partial charge in [-0.15, -0.1) is 0 Å². The highest BCUT2D eigenvalue weighted by atomic mass is 16.5. The molecule has 3 heterocycles. The van der Waals surface area contributed by atoms with E-state index < -0.39 is 23.4 Å². The Morgan fingerprint density at radius 3 is 2.71 bits per heavy atom. The lowest BCUT2D eigenvalue weighted by Gasteiger charge is -2.31. The highest BCUT2D eigenvalue weighted by Gasteiger charge is 2.56. The molecule has 0 unspecified atom stereocenters. The van der Waals surface area contributed by atoms with Crippen LogP contribution < -0.4 is 15.4 Å². The maximum atomic E-state index is 14.0. The van der Waals surface area contributed by atoms with Gasteiger partial charge in [0.25, 0.3) is 5.91 Å². The Bertz CT molecular complexity index is 1480. The Balaban J connectivity index is 1.44. The van der Waals surface area contributed by atoms with E-state index in [2.05, 4.69) is 21.7 Å². The third-order valence-corrected chi connectivity index (χ3v) is 7.42. The van der Waals surface area contributed by atoms with Gasteiger partial charge in [0, 0.05) is 29.6 Å². The summed E-state index contributed by atoms with van der Waals surface area (Å²) < 4.78 is 5.40. The number of carbonyl (C=O) groups excluding carboxylic acids is 3. The van der Waals surface area contributed by atoms with Crippen molar-refractivity contribution in [2.24, 2.45) is 5.41 Å². The lowest BCUT2D eigenvalue weighted by atomic mass is 9.80. The predicted octanol–water partition coefficient (Wildman–Crippen LogP) is 3.73. The number of benzene rings is 2. The molecule has 3 N–H and O–H groups in total. The lowest BCUT2D eigenvalue weighted by molar-refractivity contribution is -0.134. The van der Waals surface area contributed by atoms with Crippen molar-refractivity contribution in [2.45, 2.75) is 51.1 Å². The number of methoxy groups -OCH3 is 1. The molecule has 1 fully saturated rings. The van der Waals surface area contributed by atoms with Crippen LogP contribution in [-0.4, -0.2) is 53.3 Å². The molecular formula is C29H31N5O4. The van der Waals surface area contributed by atoms with Crippen LogP contribution in [-0.2, 0) is 15.0 Å². The Morgan fingerprint density at radius 1 is 1.24 bits per heavy atom. The molecule has 1 aromatic heterocycles. The van der Waals surface area contributed by atoms with Gasteiger partial charge in [-0.3, -0.25) is 14.4 Å². The second-order valence-electron chi connectivity index (χ2n) is 11.3. The summed E-state index contributed by atoms with van der Waals surface area (Å²) in [6, 6.07) is 15.1.